The van der Waals surface area contributed by atoms with Gasteiger partial charge in [0.1, 0.15) is 5.56 Å². The minimum absolute atomic E-state index is 0.0648. The van der Waals surface area contributed by atoms with Gasteiger partial charge in [-0.3, -0.25) is 9.11 Å². The molecule has 0 saturated heterocycles. The van der Waals surface area contributed by atoms with Crippen molar-refractivity contribution in [2.45, 2.75) is 0 Å². The average Bonchev–Trinajstić information content (AvgIpc) is 2.15. The lowest BCUT2D eigenvalue weighted by molar-refractivity contribution is 0.0692. The van der Waals surface area contributed by atoms with Crippen molar-refractivity contribution in [1.29, 1.82) is 0 Å². The Labute approximate surface area is 90.8 Å². The van der Waals surface area contributed by atoms with Crippen molar-refractivity contribution in [3.05, 3.63) is 29.8 Å². The van der Waals surface area contributed by atoms with Gasteiger partial charge in [0.15, 0.2) is 5.75 Å². The van der Waals surface area contributed by atoms with Gasteiger partial charge in [-0.05, 0) is 12.1 Å². The normalized spacial score (nSPS) is 9.94. The van der Waals surface area contributed by atoms with E-state index in [0.717, 1.165) is 0 Å². The summed E-state index contributed by atoms with van der Waals surface area (Å²) >= 11 is 0. The Morgan fingerprint density at radius 1 is 1.25 bits per heavy atom. The van der Waals surface area contributed by atoms with Gasteiger partial charge in [-0.25, -0.2) is 4.79 Å². The number of carboxylic acids is 1. The zero-order valence-electron chi connectivity index (χ0n) is 7.77. The third-order valence-electron chi connectivity index (χ3n) is 1.24. The van der Waals surface area contributed by atoms with Gasteiger partial charge >= 0.3 is 16.4 Å². The Hall–Kier alpha value is -1.68. The zero-order valence-corrected chi connectivity index (χ0v) is 8.59. The lowest BCUT2D eigenvalue weighted by Gasteiger charge is -2.00. The van der Waals surface area contributed by atoms with Crippen molar-refractivity contribution in [2.75, 3.05) is 0 Å². The molecule has 0 unspecified atom stereocenters. The number of para-hydroxylation sites is 1. The first-order valence-corrected chi connectivity index (χ1v) is 5.04. The van der Waals surface area contributed by atoms with Crippen LogP contribution in [-0.4, -0.2) is 28.6 Å². The molecule has 1 aromatic carbocycles. The molecule has 0 spiro atoms. The van der Waals surface area contributed by atoms with E-state index in [2.05, 4.69) is 4.84 Å². The van der Waals surface area contributed by atoms with Crippen molar-refractivity contribution < 1.29 is 32.3 Å². The van der Waals surface area contributed by atoms with Crippen LogP contribution in [0.25, 0.3) is 0 Å². The summed E-state index contributed by atoms with van der Waals surface area (Å²) in [6.07, 6.45) is 0. The first-order chi connectivity index (χ1) is 7.25. The predicted molar refractivity (Wildman–Crippen MR) is 52.4 cm³/mol. The van der Waals surface area contributed by atoms with E-state index in [0.29, 0.717) is 0 Å². The van der Waals surface area contributed by atoms with Gasteiger partial charge in [0.05, 0.1) is 0 Å². The molecule has 1 aromatic rings. The fourth-order valence-electron chi connectivity index (χ4n) is 0.746. The first kappa shape index (κ1) is 14.3. The quantitative estimate of drug-likeness (QED) is 0.423. The standard InChI is InChI=1S/C7H7NO3.H2O4S/c8-11-6-4-2-1-3-5(6)7(9)10;1-5(2,3)4/h1-4H,8H2,(H,9,10);(H2,1,2,3,4). The molecule has 16 heavy (non-hydrogen) atoms. The molecule has 0 atom stereocenters. The Balaban J connectivity index is 0.000000385. The highest BCUT2D eigenvalue weighted by Crippen LogP contribution is 2.15. The molecule has 0 amide bonds. The lowest BCUT2D eigenvalue weighted by Crippen LogP contribution is -2.07. The maximum absolute atomic E-state index is 10.4. The van der Waals surface area contributed by atoms with Crippen LogP contribution in [0, 0.1) is 0 Å². The highest BCUT2D eigenvalue weighted by molar-refractivity contribution is 7.79. The minimum Gasteiger partial charge on any atom is -0.478 e. The summed E-state index contributed by atoms with van der Waals surface area (Å²) in [5, 5.41) is 8.56. The van der Waals surface area contributed by atoms with Gasteiger partial charge in [-0.15, -0.1) is 0 Å². The molecule has 0 radical (unpaired) electrons. The third-order valence-corrected chi connectivity index (χ3v) is 1.24. The number of aromatic carboxylic acids is 1. The summed E-state index contributed by atoms with van der Waals surface area (Å²) in [5.74, 6) is 3.94. The van der Waals surface area contributed by atoms with Crippen LogP contribution in [0.2, 0.25) is 0 Å². The maximum Gasteiger partial charge on any atom is 0.394 e. The van der Waals surface area contributed by atoms with Crippen LogP contribution >= 0.6 is 0 Å². The highest BCUT2D eigenvalue weighted by atomic mass is 32.3. The molecule has 0 bridgehead atoms. The molecule has 1 rings (SSSR count). The number of rotatable bonds is 2. The van der Waals surface area contributed by atoms with E-state index >= 15 is 0 Å². The van der Waals surface area contributed by atoms with E-state index in [9.17, 15) is 4.79 Å². The second kappa shape index (κ2) is 6.02. The molecule has 0 saturated carbocycles. The second-order valence-electron chi connectivity index (χ2n) is 2.37. The lowest BCUT2D eigenvalue weighted by atomic mass is 10.2. The maximum atomic E-state index is 10.4. The summed E-state index contributed by atoms with van der Waals surface area (Å²) in [7, 11) is -4.67. The van der Waals surface area contributed by atoms with E-state index in [1.165, 1.54) is 12.1 Å². The zero-order chi connectivity index (χ0) is 12.8. The number of hydrogen-bond acceptors (Lipinski definition) is 5. The van der Waals surface area contributed by atoms with Crippen LogP contribution < -0.4 is 10.7 Å². The van der Waals surface area contributed by atoms with E-state index in [-0.39, 0.29) is 11.3 Å². The van der Waals surface area contributed by atoms with Gasteiger partial charge in [0.2, 0.25) is 0 Å². The molecule has 5 N–H and O–H groups in total. The van der Waals surface area contributed by atoms with Crippen LogP contribution in [-0.2, 0) is 10.4 Å². The first-order valence-electron chi connectivity index (χ1n) is 3.64. The molecule has 0 aliphatic rings. The monoisotopic (exact) mass is 251 g/mol. The summed E-state index contributed by atoms with van der Waals surface area (Å²) < 4.78 is 31.6. The fraction of sp³-hybridized carbons (Fsp3) is 0. The van der Waals surface area contributed by atoms with Crippen molar-refractivity contribution >= 4 is 16.4 Å². The summed E-state index contributed by atoms with van der Waals surface area (Å²) in [6.45, 7) is 0. The van der Waals surface area contributed by atoms with Crippen molar-refractivity contribution in [3.8, 4) is 5.75 Å². The van der Waals surface area contributed by atoms with E-state index < -0.39 is 16.4 Å². The van der Waals surface area contributed by atoms with Crippen LogP contribution in [0.4, 0.5) is 0 Å². The van der Waals surface area contributed by atoms with E-state index in [1.54, 1.807) is 12.1 Å². The van der Waals surface area contributed by atoms with Crippen molar-refractivity contribution in [1.82, 2.24) is 0 Å². The van der Waals surface area contributed by atoms with Gasteiger partial charge in [0, 0.05) is 0 Å². The van der Waals surface area contributed by atoms with Gasteiger partial charge in [-0.2, -0.15) is 14.3 Å². The topological polar surface area (TPSA) is 147 Å². The number of benzene rings is 1. The predicted octanol–water partition coefficient (Wildman–Crippen LogP) is -0.0155. The third kappa shape index (κ3) is 6.73. The smallest absolute Gasteiger partial charge is 0.394 e. The molecule has 0 aromatic heterocycles. The average molecular weight is 251 g/mol. The number of carbonyl (C=O) groups is 1. The van der Waals surface area contributed by atoms with Gasteiger partial charge < -0.3 is 9.94 Å². The Morgan fingerprint density at radius 2 is 1.69 bits per heavy atom. The summed E-state index contributed by atoms with van der Waals surface area (Å²) in [5.41, 5.74) is 0.0648. The van der Waals surface area contributed by atoms with Crippen LogP contribution in [0.15, 0.2) is 24.3 Å². The second-order valence-corrected chi connectivity index (χ2v) is 3.26. The van der Waals surface area contributed by atoms with E-state index in [4.69, 9.17) is 28.5 Å². The fourth-order valence-corrected chi connectivity index (χ4v) is 0.746. The largest absolute Gasteiger partial charge is 0.478 e. The summed E-state index contributed by atoms with van der Waals surface area (Å²) in [4.78, 5) is 14.8. The summed E-state index contributed by atoms with van der Waals surface area (Å²) in [6, 6.07) is 6.16. The Bertz CT molecular complexity index is 448. The van der Waals surface area contributed by atoms with Gasteiger partial charge in [0.25, 0.3) is 0 Å². The molecular formula is C7H9NO7S. The Kier molecular flexibility index (Phi) is 5.39. The molecule has 0 aliphatic carbocycles. The van der Waals surface area contributed by atoms with Crippen LogP contribution in [0.1, 0.15) is 10.4 Å². The molecular weight excluding hydrogens is 242 g/mol. The van der Waals surface area contributed by atoms with E-state index in [1.807, 2.05) is 0 Å². The Morgan fingerprint density at radius 3 is 2.00 bits per heavy atom. The highest BCUT2D eigenvalue weighted by Gasteiger charge is 2.08. The van der Waals surface area contributed by atoms with Crippen molar-refractivity contribution in [3.63, 3.8) is 0 Å². The SMILES string of the molecule is NOc1ccccc1C(=O)O.O=S(=O)(O)O. The molecule has 90 valence electrons. The molecule has 9 heteroatoms. The minimum atomic E-state index is -4.67. The number of carboxylic acid groups (broad SMARTS) is 1. The molecule has 0 fully saturated rings. The van der Waals surface area contributed by atoms with Gasteiger partial charge in [-0.1, -0.05) is 12.1 Å². The van der Waals surface area contributed by atoms with Crippen molar-refractivity contribution in [2.24, 2.45) is 5.90 Å². The molecule has 0 heterocycles. The number of hydrogen-bond donors (Lipinski definition) is 4. The number of nitrogens with two attached hydrogens (primary N) is 1. The molecule has 0 aliphatic heterocycles. The molecule has 8 nitrogen and oxygen atoms in total. The van der Waals surface area contributed by atoms with Crippen LogP contribution in [0.5, 0.6) is 5.75 Å². The van der Waals surface area contributed by atoms with Crippen LogP contribution in [0.3, 0.4) is 0 Å².